The molecule has 0 saturated heterocycles. The maximum atomic E-state index is 11.4. The number of nitrogens with one attached hydrogen (secondary N) is 3. The Morgan fingerprint density at radius 3 is 2.28 bits per heavy atom. The lowest BCUT2D eigenvalue weighted by Gasteiger charge is -2.16. The maximum absolute atomic E-state index is 11.4. The molecule has 0 aromatic heterocycles. The average Bonchev–Trinajstić information content (AvgIpc) is 2.40. The molecule has 0 bridgehead atoms. The number of carbonyl (C=O) groups excluding carboxylic acids is 1. The van der Waals surface area contributed by atoms with Gasteiger partial charge in [0.1, 0.15) is 0 Å². The first-order valence-electron chi connectivity index (χ1n) is 6.89. The third-order valence-corrected chi connectivity index (χ3v) is 2.93. The van der Waals surface area contributed by atoms with E-state index in [1.54, 1.807) is 7.05 Å². The first-order chi connectivity index (χ1) is 8.67. The number of aliphatic imine (C=N–C) groups is 1. The molecule has 18 heavy (non-hydrogen) atoms. The standard InChI is InChI=1S/C13H28N4O/c1-5-8-15-12(18)10-17-13(14-4)16-9-11(6-2)7-3/h11H,5-10H2,1-4H3,(H,15,18)(H2,14,16,17). The first-order valence-corrected chi connectivity index (χ1v) is 6.89. The van der Waals surface area contributed by atoms with Gasteiger partial charge in [-0.1, -0.05) is 33.6 Å². The second-order valence-electron chi connectivity index (χ2n) is 4.34. The third kappa shape index (κ3) is 7.92. The molecule has 0 aliphatic heterocycles. The van der Waals surface area contributed by atoms with Crippen molar-refractivity contribution in [2.75, 3.05) is 26.7 Å². The van der Waals surface area contributed by atoms with Gasteiger partial charge in [-0.25, -0.2) is 0 Å². The third-order valence-electron chi connectivity index (χ3n) is 2.93. The Morgan fingerprint density at radius 2 is 1.78 bits per heavy atom. The lowest BCUT2D eigenvalue weighted by atomic mass is 10.0. The van der Waals surface area contributed by atoms with E-state index in [-0.39, 0.29) is 12.5 Å². The first kappa shape index (κ1) is 16.7. The van der Waals surface area contributed by atoms with E-state index in [1.807, 2.05) is 6.92 Å². The summed E-state index contributed by atoms with van der Waals surface area (Å²) in [7, 11) is 1.71. The van der Waals surface area contributed by atoms with Crippen LogP contribution in [0.15, 0.2) is 4.99 Å². The van der Waals surface area contributed by atoms with Crippen LogP contribution in [0.1, 0.15) is 40.0 Å². The molecule has 0 atom stereocenters. The smallest absolute Gasteiger partial charge is 0.239 e. The van der Waals surface area contributed by atoms with E-state index >= 15 is 0 Å². The molecule has 0 saturated carbocycles. The van der Waals surface area contributed by atoms with Crippen LogP contribution >= 0.6 is 0 Å². The van der Waals surface area contributed by atoms with Crippen LogP contribution in [0.4, 0.5) is 0 Å². The molecule has 3 N–H and O–H groups in total. The fraction of sp³-hybridized carbons (Fsp3) is 0.846. The molecule has 0 rings (SSSR count). The van der Waals surface area contributed by atoms with Crippen LogP contribution in [0.5, 0.6) is 0 Å². The van der Waals surface area contributed by atoms with E-state index in [9.17, 15) is 4.79 Å². The van der Waals surface area contributed by atoms with E-state index in [0.717, 1.165) is 32.4 Å². The summed E-state index contributed by atoms with van der Waals surface area (Å²) >= 11 is 0. The van der Waals surface area contributed by atoms with Gasteiger partial charge in [-0.15, -0.1) is 0 Å². The lowest BCUT2D eigenvalue weighted by molar-refractivity contribution is -0.120. The zero-order valence-corrected chi connectivity index (χ0v) is 12.2. The molecule has 0 unspecified atom stereocenters. The normalized spacial score (nSPS) is 11.5. The van der Waals surface area contributed by atoms with Crippen LogP contribution in [0.2, 0.25) is 0 Å². The summed E-state index contributed by atoms with van der Waals surface area (Å²) in [5, 5.41) is 9.06. The summed E-state index contributed by atoms with van der Waals surface area (Å²) in [6.07, 6.45) is 3.25. The largest absolute Gasteiger partial charge is 0.356 e. The van der Waals surface area contributed by atoms with Crippen LogP contribution in [-0.4, -0.2) is 38.5 Å². The number of hydrogen-bond acceptors (Lipinski definition) is 2. The Labute approximate surface area is 111 Å². The fourth-order valence-electron chi connectivity index (χ4n) is 1.53. The van der Waals surface area contributed by atoms with Gasteiger partial charge in [-0.05, 0) is 12.3 Å². The monoisotopic (exact) mass is 256 g/mol. The van der Waals surface area contributed by atoms with Gasteiger partial charge in [-0.2, -0.15) is 0 Å². The second kappa shape index (κ2) is 10.9. The minimum absolute atomic E-state index is 0.00216. The van der Waals surface area contributed by atoms with E-state index in [4.69, 9.17) is 0 Å². The highest BCUT2D eigenvalue weighted by Crippen LogP contribution is 2.04. The number of rotatable bonds is 8. The molecule has 1 amide bonds. The molecule has 0 heterocycles. The van der Waals surface area contributed by atoms with Crippen molar-refractivity contribution < 1.29 is 4.79 Å². The summed E-state index contributed by atoms with van der Waals surface area (Å²) in [6, 6.07) is 0. The van der Waals surface area contributed by atoms with Gasteiger partial charge in [0.2, 0.25) is 5.91 Å². The molecule has 0 aromatic carbocycles. The van der Waals surface area contributed by atoms with Crippen LogP contribution in [0.25, 0.3) is 0 Å². The Bertz CT molecular complexity index is 249. The van der Waals surface area contributed by atoms with E-state index in [1.165, 1.54) is 0 Å². The molecule has 5 nitrogen and oxygen atoms in total. The predicted octanol–water partition coefficient (Wildman–Crippen LogP) is 1.11. The Morgan fingerprint density at radius 1 is 1.11 bits per heavy atom. The highest BCUT2D eigenvalue weighted by atomic mass is 16.1. The van der Waals surface area contributed by atoms with Gasteiger partial charge in [-0.3, -0.25) is 9.79 Å². The van der Waals surface area contributed by atoms with Gasteiger partial charge in [0.05, 0.1) is 6.54 Å². The van der Waals surface area contributed by atoms with Crippen molar-refractivity contribution in [2.24, 2.45) is 10.9 Å². The maximum Gasteiger partial charge on any atom is 0.239 e. The average molecular weight is 256 g/mol. The van der Waals surface area contributed by atoms with Crippen LogP contribution in [-0.2, 0) is 4.79 Å². The van der Waals surface area contributed by atoms with Crippen LogP contribution in [0.3, 0.4) is 0 Å². The van der Waals surface area contributed by atoms with Crippen molar-refractivity contribution >= 4 is 11.9 Å². The van der Waals surface area contributed by atoms with Crippen molar-refractivity contribution in [3.63, 3.8) is 0 Å². The van der Waals surface area contributed by atoms with Crippen LogP contribution in [0, 0.1) is 5.92 Å². The number of carbonyl (C=O) groups is 1. The summed E-state index contributed by atoms with van der Waals surface area (Å²) < 4.78 is 0. The summed E-state index contributed by atoms with van der Waals surface area (Å²) in [4.78, 5) is 15.5. The zero-order valence-electron chi connectivity index (χ0n) is 12.2. The predicted molar refractivity (Wildman–Crippen MR) is 76.7 cm³/mol. The molecule has 0 aromatic rings. The zero-order chi connectivity index (χ0) is 13.8. The molecule has 0 fully saturated rings. The molecular weight excluding hydrogens is 228 g/mol. The van der Waals surface area contributed by atoms with Crippen molar-refractivity contribution in [2.45, 2.75) is 40.0 Å². The number of amides is 1. The fourth-order valence-corrected chi connectivity index (χ4v) is 1.53. The number of nitrogens with zero attached hydrogens (tertiary/aromatic N) is 1. The number of hydrogen-bond donors (Lipinski definition) is 3. The van der Waals surface area contributed by atoms with E-state index in [2.05, 4.69) is 34.8 Å². The molecular formula is C13H28N4O. The van der Waals surface area contributed by atoms with Crippen molar-refractivity contribution in [3.8, 4) is 0 Å². The van der Waals surface area contributed by atoms with Crippen LogP contribution < -0.4 is 16.0 Å². The van der Waals surface area contributed by atoms with Gasteiger partial charge >= 0.3 is 0 Å². The van der Waals surface area contributed by atoms with Crippen molar-refractivity contribution in [3.05, 3.63) is 0 Å². The Hall–Kier alpha value is -1.26. The highest BCUT2D eigenvalue weighted by Gasteiger charge is 2.06. The van der Waals surface area contributed by atoms with Gasteiger partial charge in [0, 0.05) is 20.1 Å². The highest BCUT2D eigenvalue weighted by molar-refractivity contribution is 5.86. The molecule has 0 spiro atoms. The molecule has 0 aliphatic rings. The topological polar surface area (TPSA) is 65.5 Å². The lowest BCUT2D eigenvalue weighted by Crippen LogP contribution is -2.44. The quantitative estimate of drug-likeness (QED) is 0.450. The second-order valence-corrected chi connectivity index (χ2v) is 4.34. The van der Waals surface area contributed by atoms with Gasteiger partial charge in [0.25, 0.3) is 0 Å². The summed E-state index contributed by atoms with van der Waals surface area (Å²) in [5.41, 5.74) is 0. The van der Waals surface area contributed by atoms with Gasteiger partial charge in [0.15, 0.2) is 5.96 Å². The number of guanidine groups is 1. The molecule has 0 radical (unpaired) electrons. The van der Waals surface area contributed by atoms with Crippen molar-refractivity contribution in [1.29, 1.82) is 0 Å². The Kier molecular flexibility index (Phi) is 10.1. The minimum atomic E-state index is 0.00216. The van der Waals surface area contributed by atoms with Crippen molar-refractivity contribution in [1.82, 2.24) is 16.0 Å². The van der Waals surface area contributed by atoms with E-state index < -0.39 is 0 Å². The minimum Gasteiger partial charge on any atom is -0.356 e. The molecule has 106 valence electrons. The molecule has 0 aliphatic carbocycles. The van der Waals surface area contributed by atoms with Gasteiger partial charge < -0.3 is 16.0 Å². The molecule has 5 heteroatoms. The Balaban J connectivity index is 3.87. The summed E-state index contributed by atoms with van der Waals surface area (Å²) in [6.45, 7) is 8.28. The van der Waals surface area contributed by atoms with E-state index in [0.29, 0.717) is 11.9 Å². The summed E-state index contributed by atoms with van der Waals surface area (Å²) in [5.74, 6) is 1.34. The SMILES string of the molecule is CCCNC(=O)CNC(=NC)NCC(CC)CC.